The van der Waals surface area contributed by atoms with Crippen molar-refractivity contribution < 1.29 is 9.94 Å². The Balaban J connectivity index is 2.00. The molecular formula is C12H17N3O2S. The molecule has 1 fully saturated rings. The smallest absolute Gasteiger partial charge is 0.189 e. The summed E-state index contributed by atoms with van der Waals surface area (Å²) >= 11 is 1.88. The van der Waals surface area contributed by atoms with Gasteiger partial charge in [0.15, 0.2) is 5.84 Å². The van der Waals surface area contributed by atoms with E-state index in [9.17, 15) is 0 Å². The van der Waals surface area contributed by atoms with E-state index in [0.717, 1.165) is 37.4 Å². The van der Waals surface area contributed by atoms with Crippen LogP contribution >= 0.6 is 11.8 Å². The van der Waals surface area contributed by atoms with Gasteiger partial charge in [-0.05, 0) is 24.5 Å². The van der Waals surface area contributed by atoms with Gasteiger partial charge in [-0.25, -0.2) is 0 Å². The molecule has 0 bridgehead atoms. The molecule has 5 nitrogen and oxygen atoms in total. The van der Waals surface area contributed by atoms with E-state index in [-0.39, 0.29) is 5.84 Å². The molecule has 1 aromatic rings. The SMILES string of the molecule is N/C(=N/O)c1ncccc1CSC1CCOCC1. The molecule has 0 aromatic carbocycles. The average molecular weight is 267 g/mol. The highest BCUT2D eigenvalue weighted by molar-refractivity contribution is 7.99. The monoisotopic (exact) mass is 267 g/mol. The fraction of sp³-hybridized carbons (Fsp3) is 0.500. The molecule has 0 aliphatic carbocycles. The third kappa shape index (κ3) is 3.36. The van der Waals surface area contributed by atoms with Gasteiger partial charge in [-0.3, -0.25) is 4.98 Å². The first-order valence-corrected chi connectivity index (χ1v) is 6.97. The second-order valence-electron chi connectivity index (χ2n) is 4.12. The van der Waals surface area contributed by atoms with Gasteiger partial charge in [0, 0.05) is 30.4 Å². The predicted octanol–water partition coefficient (Wildman–Crippen LogP) is 1.59. The highest BCUT2D eigenvalue weighted by Gasteiger charge is 2.15. The number of aromatic nitrogens is 1. The van der Waals surface area contributed by atoms with Gasteiger partial charge in [-0.1, -0.05) is 11.2 Å². The third-order valence-corrected chi connectivity index (χ3v) is 4.30. The Morgan fingerprint density at radius 3 is 3.06 bits per heavy atom. The summed E-state index contributed by atoms with van der Waals surface area (Å²) in [6.07, 6.45) is 3.82. The van der Waals surface area contributed by atoms with E-state index in [1.807, 2.05) is 23.9 Å². The Bertz CT molecular complexity index is 420. The van der Waals surface area contributed by atoms with E-state index in [4.69, 9.17) is 15.7 Å². The van der Waals surface area contributed by atoms with Crippen molar-refractivity contribution in [3.05, 3.63) is 29.6 Å². The number of rotatable bonds is 4. The van der Waals surface area contributed by atoms with Crippen LogP contribution in [-0.2, 0) is 10.5 Å². The summed E-state index contributed by atoms with van der Waals surface area (Å²) in [6.45, 7) is 1.69. The number of pyridine rings is 1. The quantitative estimate of drug-likeness (QED) is 0.375. The van der Waals surface area contributed by atoms with Gasteiger partial charge >= 0.3 is 0 Å². The fourth-order valence-corrected chi connectivity index (χ4v) is 3.06. The van der Waals surface area contributed by atoms with E-state index in [0.29, 0.717) is 10.9 Å². The summed E-state index contributed by atoms with van der Waals surface area (Å²) in [5, 5.41) is 12.4. The molecule has 18 heavy (non-hydrogen) atoms. The van der Waals surface area contributed by atoms with Crippen molar-refractivity contribution in [2.75, 3.05) is 13.2 Å². The van der Waals surface area contributed by atoms with Gasteiger partial charge in [0.25, 0.3) is 0 Å². The highest BCUT2D eigenvalue weighted by Crippen LogP contribution is 2.26. The van der Waals surface area contributed by atoms with Crippen LogP contribution in [0.4, 0.5) is 0 Å². The van der Waals surface area contributed by atoms with E-state index >= 15 is 0 Å². The molecule has 3 N–H and O–H groups in total. The molecular weight excluding hydrogens is 250 g/mol. The minimum Gasteiger partial charge on any atom is -0.409 e. The van der Waals surface area contributed by atoms with E-state index in [2.05, 4.69) is 10.1 Å². The van der Waals surface area contributed by atoms with Crippen LogP contribution in [0.25, 0.3) is 0 Å². The molecule has 0 radical (unpaired) electrons. The maximum Gasteiger partial charge on any atom is 0.189 e. The first kappa shape index (κ1) is 13.2. The summed E-state index contributed by atoms with van der Waals surface area (Å²) in [7, 11) is 0. The molecule has 0 saturated carbocycles. The van der Waals surface area contributed by atoms with Crippen LogP contribution in [0.15, 0.2) is 23.5 Å². The Morgan fingerprint density at radius 2 is 2.33 bits per heavy atom. The zero-order chi connectivity index (χ0) is 12.8. The molecule has 1 saturated heterocycles. The molecule has 1 aromatic heterocycles. The van der Waals surface area contributed by atoms with Crippen molar-refractivity contribution in [1.82, 2.24) is 4.98 Å². The minimum absolute atomic E-state index is 0.0678. The van der Waals surface area contributed by atoms with Crippen molar-refractivity contribution in [3.63, 3.8) is 0 Å². The number of nitrogens with two attached hydrogens (primary N) is 1. The first-order chi connectivity index (χ1) is 8.81. The van der Waals surface area contributed by atoms with Crippen molar-refractivity contribution >= 4 is 17.6 Å². The molecule has 1 aliphatic heterocycles. The van der Waals surface area contributed by atoms with Crippen LogP contribution in [0.3, 0.4) is 0 Å². The van der Waals surface area contributed by atoms with E-state index < -0.39 is 0 Å². The topological polar surface area (TPSA) is 80.7 Å². The zero-order valence-electron chi connectivity index (χ0n) is 10.1. The van der Waals surface area contributed by atoms with Gasteiger partial charge in [0.05, 0.1) is 0 Å². The van der Waals surface area contributed by atoms with Gasteiger partial charge in [-0.15, -0.1) is 0 Å². The first-order valence-electron chi connectivity index (χ1n) is 5.92. The molecule has 2 heterocycles. The van der Waals surface area contributed by atoms with Gasteiger partial charge in [-0.2, -0.15) is 11.8 Å². The highest BCUT2D eigenvalue weighted by atomic mass is 32.2. The van der Waals surface area contributed by atoms with Crippen LogP contribution in [0, 0.1) is 0 Å². The Labute approximate surface area is 110 Å². The second-order valence-corrected chi connectivity index (χ2v) is 5.41. The maximum absolute atomic E-state index is 8.73. The lowest BCUT2D eigenvalue weighted by Gasteiger charge is -2.21. The Hall–Kier alpha value is -1.27. The lowest BCUT2D eigenvalue weighted by atomic mass is 10.2. The Kier molecular flexibility index (Phi) is 4.83. The normalized spacial score (nSPS) is 17.9. The molecule has 1 aliphatic rings. The van der Waals surface area contributed by atoms with Crippen LogP contribution in [0.2, 0.25) is 0 Å². The summed E-state index contributed by atoms with van der Waals surface area (Å²) in [4.78, 5) is 4.16. The summed E-state index contributed by atoms with van der Waals surface area (Å²) in [5.41, 5.74) is 7.19. The van der Waals surface area contributed by atoms with Gasteiger partial charge in [0.2, 0.25) is 0 Å². The van der Waals surface area contributed by atoms with Gasteiger partial charge < -0.3 is 15.7 Å². The van der Waals surface area contributed by atoms with Crippen molar-refractivity contribution in [2.45, 2.75) is 23.8 Å². The molecule has 2 rings (SSSR count). The number of amidine groups is 1. The van der Waals surface area contributed by atoms with Crippen LogP contribution < -0.4 is 5.73 Å². The number of thioether (sulfide) groups is 1. The van der Waals surface area contributed by atoms with Crippen LogP contribution in [-0.4, -0.2) is 34.5 Å². The number of nitrogens with zero attached hydrogens (tertiary/aromatic N) is 2. The number of hydrogen-bond donors (Lipinski definition) is 2. The van der Waals surface area contributed by atoms with Gasteiger partial charge in [0.1, 0.15) is 5.69 Å². The molecule has 6 heteroatoms. The number of hydrogen-bond acceptors (Lipinski definition) is 5. The average Bonchev–Trinajstić information content (AvgIpc) is 2.45. The predicted molar refractivity (Wildman–Crippen MR) is 71.9 cm³/mol. The molecule has 0 amide bonds. The van der Waals surface area contributed by atoms with Crippen LogP contribution in [0.5, 0.6) is 0 Å². The standard InChI is InChI=1S/C12H17N3O2S/c13-12(15-16)11-9(2-1-5-14-11)8-18-10-3-6-17-7-4-10/h1-2,5,10,16H,3-4,6-8H2,(H2,13,15). The fourth-order valence-electron chi connectivity index (χ4n) is 1.88. The molecule has 0 atom stereocenters. The minimum atomic E-state index is 0.0678. The zero-order valence-corrected chi connectivity index (χ0v) is 10.9. The number of oxime groups is 1. The van der Waals surface area contributed by atoms with Crippen LogP contribution in [0.1, 0.15) is 24.1 Å². The summed E-state index contributed by atoms with van der Waals surface area (Å²) in [5.74, 6) is 0.891. The molecule has 0 unspecified atom stereocenters. The van der Waals surface area contributed by atoms with Crippen molar-refractivity contribution in [3.8, 4) is 0 Å². The molecule has 98 valence electrons. The largest absolute Gasteiger partial charge is 0.409 e. The third-order valence-electron chi connectivity index (χ3n) is 2.88. The maximum atomic E-state index is 8.73. The second kappa shape index (κ2) is 6.61. The number of ether oxygens (including phenoxy) is 1. The summed E-state index contributed by atoms with van der Waals surface area (Å²) in [6, 6.07) is 3.83. The lowest BCUT2D eigenvalue weighted by Crippen LogP contribution is -2.19. The van der Waals surface area contributed by atoms with E-state index in [1.165, 1.54) is 0 Å². The Morgan fingerprint density at radius 1 is 1.56 bits per heavy atom. The van der Waals surface area contributed by atoms with Crippen molar-refractivity contribution in [2.24, 2.45) is 10.9 Å². The van der Waals surface area contributed by atoms with E-state index in [1.54, 1.807) is 6.20 Å². The molecule has 0 spiro atoms. The lowest BCUT2D eigenvalue weighted by molar-refractivity contribution is 0.1000. The summed E-state index contributed by atoms with van der Waals surface area (Å²) < 4.78 is 5.33. The van der Waals surface area contributed by atoms with Crippen molar-refractivity contribution in [1.29, 1.82) is 0 Å².